The van der Waals surface area contributed by atoms with E-state index in [2.05, 4.69) is 23.3 Å². The first kappa shape index (κ1) is 15.6. The summed E-state index contributed by atoms with van der Waals surface area (Å²) in [6, 6.07) is 5.98. The molecule has 0 bridgehead atoms. The van der Waals surface area contributed by atoms with Crippen LogP contribution in [0.2, 0.25) is 0 Å². The summed E-state index contributed by atoms with van der Waals surface area (Å²) in [6.07, 6.45) is 1.74. The third-order valence-electron chi connectivity index (χ3n) is 4.81. The van der Waals surface area contributed by atoms with Gasteiger partial charge in [0.2, 0.25) is 11.8 Å². The second-order valence-corrected chi connectivity index (χ2v) is 6.23. The topological polar surface area (TPSA) is 60.5 Å². The van der Waals surface area contributed by atoms with Crippen molar-refractivity contribution < 1.29 is 14.3 Å². The molecule has 1 amide bonds. The lowest BCUT2D eigenvalue weighted by Crippen LogP contribution is -2.34. The Kier molecular flexibility index (Phi) is 4.11. The van der Waals surface area contributed by atoms with Crippen molar-refractivity contribution in [1.82, 2.24) is 10.3 Å². The summed E-state index contributed by atoms with van der Waals surface area (Å²) < 4.78 is 11.3. The lowest BCUT2D eigenvalue weighted by atomic mass is 9.94. The number of hydrogen-bond acceptors (Lipinski definition) is 4. The number of methoxy groups -OCH3 is 1. The van der Waals surface area contributed by atoms with Gasteiger partial charge in [0.15, 0.2) is 0 Å². The SMILES string of the molecule is COc1cc2c(OCC3NC(=O)[C@H](C)C3C)nccc2cc1C. The van der Waals surface area contributed by atoms with Gasteiger partial charge in [0.25, 0.3) is 0 Å². The van der Waals surface area contributed by atoms with Gasteiger partial charge in [-0.15, -0.1) is 0 Å². The molecular weight excluding hydrogens is 292 g/mol. The maximum atomic E-state index is 11.7. The molecule has 3 atom stereocenters. The van der Waals surface area contributed by atoms with Gasteiger partial charge >= 0.3 is 0 Å². The molecule has 2 heterocycles. The Labute approximate surface area is 136 Å². The van der Waals surface area contributed by atoms with E-state index in [1.165, 1.54) is 0 Å². The molecular formula is C18H22N2O3. The molecule has 5 heteroatoms. The van der Waals surface area contributed by atoms with Crippen LogP contribution in [0.1, 0.15) is 19.4 Å². The van der Waals surface area contributed by atoms with Gasteiger partial charge in [0.05, 0.1) is 13.2 Å². The number of carbonyl (C=O) groups excluding carboxylic acids is 1. The zero-order chi connectivity index (χ0) is 16.6. The molecule has 1 fully saturated rings. The molecule has 1 saturated heterocycles. The van der Waals surface area contributed by atoms with Crippen molar-refractivity contribution in [2.24, 2.45) is 11.8 Å². The predicted octanol–water partition coefficient (Wildman–Crippen LogP) is 2.70. The predicted molar refractivity (Wildman–Crippen MR) is 88.8 cm³/mol. The summed E-state index contributed by atoms with van der Waals surface area (Å²) in [5, 5.41) is 4.96. The minimum absolute atomic E-state index is 0.0156. The standard InChI is InChI=1S/C18H22N2O3/c1-10-7-13-5-6-19-18(14(13)8-16(10)22-4)23-9-15-11(2)12(3)17(21)20-15/h5-8,11-12,15H,9H2,1-4H3,(H,20,21)/t11?,12-,15?/m1/s1. The maximum Gasteiger partial charge on any atom is 0.223 e. The van der Waals surface area contributed by atoms with E-state index in [-0.39, 0.29) is 23.8 Å². The zero-order valence-corrected chi connectivity index (χ0v) is 13.9. The minimum atomic E-state index is 0.0156. The highest BCUT2D eigenvalue weighted by Gasteiger charge is 2.36. The monoisotopic (exact) mass is 314 g/mol. The summed E-state index contributed by atoms with van der Waals surface area (Å²) in [5.41, 5.74) is 1.07. The van der Waals surface area contributed by atoms with Crippen molar-refractivity contribution in [3.63, 3.8) is 0 Å². The zero-order valence-electron chi connectivity index (χ0n) is 13.9. The fourth-order valence-electron chi connectivity index (χ4n) is 3.02. The second kappa shape index (κ2) is 6.07. The van der Waals surface area contributed by atoms with Crippen LogP contribution in [0.3, 0.4) is 0 Å². The Morgan fingerprint density at radius 2 is 2.09 bits per heavy atom. The van der Waals surface area contributed by atoms with Gasteiger partial charge in [-0.1, -0.05) is 13.8 Å². The number of nitrogens with zero attached hydrogens (tertiary/aromatic N) is 1. The first-order chi connectivity index (χ1) is 11.0. The van der Waals surface area contributed by atoms with Crippen LogP contribution in [0, 0.1) is 18.8 Å². The highest BCUT2D eigenvalue weighted by Crippen LogP contribution is 2.31. The van der Waals surface area contributed by atoms with E-state index in [1.807, 2.05) is 26.0 Å². The van der Waals surface area contributed by atoms with Crippen LogP contribution in [0.4, 0.5) is 0 Å². The number of amides is 1. The molecule has 1 aromatic heterocycles. The molecule has 0 radical (unpaired) electrons. The molecule has 1 aliphatic rings. The number of hydrogen-bond donors (Lipinski definition) is 1. The normalized spacial score (nSPS) is 23.8. The average molecular weight is 314 g/mol. The van der Waals surface area contributed by atoms with Crippen molar-refractivity contribution >= 4 is 16.7 Å². The van der Waals surface area contributed by atoms with Gasteiger partial charge < -0.3 is 14.8 Å². The van der Waals surface area contributed by atoms with E-state index in [1.54, 1.807) is 13.3 Å². The molecule has 0 saturated carbocycles. The van der Waals surface area contributed by atoms with Crippen molar-refractivity contribution in [1.29, 1.82) is 0 Å². The molecule has 2 unspecified atom stereocenters. The highest BCUT2D eigenvalue weighted by atomic mass is 16.5. The van der Waals surface area contributed by atoms with Crippen LogP contribution >= 0.6 is 0 Å². The van der Waals surface area contributed by atoms with Crippen LogP contribution in [-0.4, -0.2) is 30.6 Å². The van der Waals surface area contributed by atoms with Crippen molar-refractivity contribution in [2.75, 3.05) is 13.7 Å². The van der Waals surface area contributed by atoms with Crippen molar-refractivity contribution in [3.8, 4) is 11.6 Å². The van der Waals surface area contributed by atoms with Crippen LogP contribution in [0.15, 0.2) is 24.4 Å². The van der Waals surface area contributed by atoms with Gasteiger partial charge in [0.1, 0.15) is 12.4 Å². The van der Waals surface area contributed by atoms with E-state index in [4.69, 9.17) is 9.47 Å². The number of pyridine rings is 1. The summed E-state index contributed by atoms with van der Waals surface area (Å²) in [6.45, 7) is 6.44. The Bertz CT molecular complexity index is 744. The average Bonchev–Trinajstić information content (AvgIpc) is 2.79. The Morgan fingerprint density at radius 1 is 1.30 bits per heavy atom. The highest BCUT2D eigenvalue weighted by molar-refractivity contribution is 5.89. The molecule has 1 aromatic carbocycles. The van der Waals surface area contributed by atoms with E-state index >= 15 is 0 Å². The summed E-state index contributed by atoms with van der Waals surface area (Å²) in [4.78, 5) is 16.1. The number of nitrogens with one attached hydrogen (secondary N) is 1. The van der Waals surface area contributed by atoms with Crippen LogP contribution in [-0.2, 0) is 4.79 Å². The first-order valence-corrected chi connectivity index (χ1v) is 7.87. The summed E-state index contributed by atoms with van der Waals surface area (Å²) in [5.74, 6) is 1.74. The number of aryl methyl sites for hydroxylation is 1. The minimum Gasteiger partial charge on any atom is -0.496 e. The first-order valence-electron chi connectivity index (χ1n) is 7.87. The maximum absolute atomic E-state index is 11.7. The Balaban J connectivity index is 1.84. The third kappa shape index (κ3) is 2.83. The van der Waals surface area contributed by atoms with E-state index in [0.717, 1.165) is 22.1 Å². The number of fused-ring (bicyclic) bond motifs is 1. The van der Waals surface area contributed by atoms with E-state index < -0.39 is 0 Å². The molecule has 23 heavy (non-hydrogen) atoms. The molecule has 0 aliphatic carbocycles. The quantitative estimate of drug-likeness (QED) is 0.942. The molecule has 5 nitrogen and oxygen atoms in total. The largest absolute Gasteiger partial charge is 0.496 e. The third-order valence-corrected chi connectivity index (χ3v) is 4.81. The van der Waals surface area contributed by atoms with E-state index in [0.29, 0.717) is 12.5 Å². The van der Waals surface area contributed by atoms with Gasteiger partial charge in [0, 0.05) is 17.5 Å². The molecule has 2 aromatic rings. The Hall–Kier alpha value is -2.30. The fraction of sp³-hybridized carbons (Fsp3) is 0.444. The molecule has 1 aliphatic heterocycles. The van der Waals surface area contributed by atoms with Crippen LogP contribution in [0.5, 0.6) is 11.6 Å². The fourth-order valence-corrected chi connectivity index (χ4v) is 3.02. The van der Waals surface area contributed by atoms with Gasteiger partial charge in [-0.25, -0.2) is 4.98 Å². The van der Waals surface area contributed by atoms with Gasteiger partial charge in [-0.2, -0.15) is 0 Å². The van der Waals surface area contributed by atoms with Gasteiger partial charge in [-0.05, 0) is 42.0 Å². The lowest BCUT2D eigenvalue weighted by molar-refractivity contribution is -0.122. The van der Waals surface area contributed by atoms with E-state index in [9.17, 15) is 4.79 Å². The Morgan fingerprint density at radius 3 is 2.74 bits per heavy atom. The van der Waals surface area contributed by atoms with Gasteiger partial charge in [-0.3, -0.25) is 4.79 Å². The number of rotatable bonds is 4. The van der Waals surface area contributed by atoms with Crippen molar-refractivity contribution in [2.45, 2.75) is 26.8 Å². The number of carbonyl (C=O) groups is 1. The van der Waals surface area contributed by atoms with Crippen molar-refractivity contribution in [3.05, 3.63) is 30.0 Å². The smallest absolute Gasteiger partial charge is 0.223 e. The number of aromatic nitrogens is 1. The lowest BCUT2D eigenvalue weighted by Gasteiger charge is -2.17. The summed E-state index contributed by atoms with van der Waals surface area (Å²) >= 11 is 0. The molecule has 122 valence electrons. The number of ether oxygens (including phenoxy) is 2. The van der Waals surface area contributed by atoms with Crippen LogP contribution in [0.25, 0.3) is 10.8 Å². The second-order valence-electron chi connectivity index (χ2n) is 6.23. The number of benzene rings is 1. The summed E-state index contributed by atoms with van der Waals surface area (Å²) in [7, 11) is 1.65. The molecule has 1 N–H and O–H groups in total. The molecule has 0 spiro atoms. The van der Waals surface area contributed by atoms with Crippen LogP contribution < -0.4 is 14.8 Å². The molecule has 3 rings (SSSR count).